The van der Waals surface area contributed by atoms with Crippen LogP contribution < -0.4 is 15.2 Å². The highest BCUT2D eigenvalue weighted by molar-refractivity contribution is 7.89. The molecule has 0 aliphatic heterocycles. The van der Waals surface area contributed by atoms with Gasteiger partial charge in [0.25, 0.3) is 0 Å². The van der Waals surface area contributed by atoms with E-state index in [1.807, 2.05) is 43.3 Å². The Morgan fingerprint density at radius 2 is 1.66 bits per heavy atom. The van der Waals surface area contributed by atoms with Crippen molar-refractivity contribution in [3.63, 3.8) is 0 Å². The standard InChI is InChI=1S/C22H24N2O4S/c1-14(16-7-8-19-12-20(28-3)10-9-18(19)11-16)22(25)24-15(2)17-5-4-6-21(13-17)29(23,26)27/h4-15H,1-3H3,(H,24,25)(H2,23,26,27)/t14-,15?/m0/s1. The summed E-state index contributed by atoms with van der Waals surface area (Å²) in [6.07, 6.45) is 0. The smallest absolute Gasteiger partial charge is 0.238 e. The molecular weight excluding hydrogens is 388 g/mol. The van der Waals surface area contributed by atoms with Crippen molar-refractivity contribution in [1.29, 1.82) is 0 Å². The molecule has 3 N–H and O–H groups in total. The summed E-state index contributed by atoms with van der Waals surface area (Å²) in [5, 5.41) is 10.2. The van der Waals surface area contributed by atoms with Crippen molar-refractivity contribution in [2.45, 2.75) is 30.7 Å². The molecule has 0 spiro atoms. The lowest BCUT2D eigenvalue weighted by Crippen LogP contribution is -2.30. The Labute approximate surface area is 170 Å². The Kier molecular flexibility index (Phi) is 5.91. The quantitative estimate of drug-likeness (QED) is 0.648. The number of carbonyl (C=O) groups is 1. The number of nitrogens with one attached hydrogen (secondary N) is 1. The number of rotatable bonds is 6. The third-order valence-electron chi connectivity index (χ3n) is 5.01. The first kappa shape index (κ1) is 20.8. The molecule has 0 aliphatic rings. The van der Waals surface area contributed by atoms with Gasteiger partial charge in [-0.1, -0.05) is 36.4 Å². The summed E-state index contributed by atoms with van der Waals surface area (Å²) in [5.41, 5.74) is 1.56. The van der Waals surface area contributed by atoms with Gasteiger partial charge in [-0.2, -0.15) is 0 Å². The number of carbonyl (C=O) groups excluding carboxylic acids is 1. The topological polar surface area (TPSA) is 98.5 Å². The van der Waals surface area contributed by atoms with E-state index in [0.717, 1.165) is 22.1 Å². The summed E-state index contributed by atoms with van der Waals surface area (Å²) in [7, 11) is -2.17. The Morgan fingerprint density at radius 1 is 0.966 bits per heavy atom. The first-order valence-corrected chi connectivity index (χ1v) is 10.7. The van der Waals surface area contributed by atoms with Crippen molar-refractivity contribution in [2.24, 2.45) is 5.14 Å². The fourth-order valence-electron chi connectivity index (χ4n) is 3.17. The Bertz CT molecular complexity index is 1160. The van der Waals surface area contributed by atoms with Gasteiger partial charge in [0, 0.05) is 0 Å². The average Bonchev–Trinajstić information content (AvgIpc) is 2.71. The molecule has 0 saturated carbocycles. The first-order chi connectivity index (χ1) is 13.7. The van der Waals surface area contributed by atoms with Crippen LogP contribution in [-0.2, 0) is 14.8 Å². The van der Waals surface area contributed by atoms with Gasteiger partial charge in [0.1, 0.15) is 5.75 Å². The van der Waals surface area contributed by atoms with Crippen LogP contribution in [0.1, 0.15) is 36.9 Å². The van der Waals surface area contributed by atoms with E-state index < -0.39 is 10.0 Å². The number of benzene rings is 3. The van der Waals surface area contributed by atoms with Gasteiger partial charge in [-0.05, 0) is 60.0 Å². The molecular formula is C22H24N2O4S. The predicted octanol–water partition coefficient (Wildman–Crippen LogP) is 3.48. The van der Waals surface area contributed by atoms with Gasteiger partial charge in [-0.15, -0.1) is 0 Å². The number of sulfonamides is 1. The second kappa shape index (κ2) is 8.23. The molecule has 0 bridgehead atoms. The lowest BCUT2D eigenvalue weighted by molar-refractivity contribution is -0.122. The van der Waals surface area contributed by atoms with Gasteiger partial charge >= 0.3 is 0 Å². The van der Waals surface area contributed by atoms with Gasteiger partial charge in [-0.25, -0.2) is 13.6 Å². The predicted molar refractivity (Wildman–Crippen MR) is 113 cm³/mol. The van der Waals surface area contributed by atoms with Crippen LogP contribution >= 0.6 is 0 Å². The largest absolute Gasteiger partial charge is 0.497 e. The van der Waals surface area contributed by atoms with Crippen LogP contribution in [0.3, 0.4) is 0 Å². The minimum Gasteiger partial charge on any atom is -0.497 e. The maximum atomic E-state index is 12.8. The molecule has 0 heterocycles. The maximum Gasteiger partial charge on any atom is 0.238 e. The summed E-state index contributed by atoms with van der Waals surface area (Å²) in [4.78, 5) is 12.8. The second-order valence-electron chi connectivity index (χ2n) is 7.04. The molecule has 0 fully saturated rings. The number of nitrogens with two attached hydrogens (primary N) is 1. The van der Waals surface area contributed by atoms with E-state index in [0.29, 0.717) is 5.56 Å². The Morgan fingerprint density at radius 3 is 2.34 bits per heavy atom. The fraction of sp³-hybridized carbons (Fsp3) is 0.227. The normalized spacial score (nSPS) is 13.7. The lowest BCUT2D eigenvalue weighted by Gasteiger charge is -2.19. The number of methoxy groups -OCH3 is 1. The number of fused-ring (bicyclic) bond motifs is 1. The summed E-state index contributed by atoms with van der Waals surface area (Å²) in [6.45, 7) is 3.65. The van der Waals surface area contributed by atoms with E-state index in [1.165, 1.54) is 12.1 Å². The molecule has 1 amide bonds. The number of hydrogen-bond donors (Lipinski definition) is 2. The van der Waals surface area contributed by atoms with Gasteiger partial charge in [0.2, 0.25) is 15.9 Å². The van der Waals surface area contributed by atoms with Crippen LogP contribution in [0.5, 0.6) is 5.75 Å². The number of primary sulfonamides is 1. The van der Waals surface area contributed by atoms with E-state index >= 15 is 0 Å². The van der Waals surface area contributed by atoms with Crippen molar-refractivity contribution in [3.8, 4) is 5.75 Å². The van der Waals surface area contributed by atoms with Crippen LogP contribution in [0.4, 0.5) is 0 Å². The highest BCUT2D eigenvalue weighted by atomic mass is 32.2. The van der Waals surface area contributed by atoms with Gasteiger partial charge < -0.3 is 10.1 Å². The molecule has 2 atom stereocenters. The molecule has 3 aromatic carbocycles. The molecule has 7 heteroatoms. The molecule has 6 nitrogen and oxygen atoms in total. The van der Waals surface area contributed by atoms with Gasteiger partial charge in [-0.3, -0.25) is 4.79 Å². The maximum absolute atomic E-state index is 12.8. The second-order valence-corrected chi connectivity index (χ2v) is 8.60. The monoisotopic (exact) mass is 412 g/mol. The van der Waals surface area contributed by atoms with E-state index in [4.69, 9.17) is 9.88 Å². The molecule has 3 aromatic rings. The molecule has 152 valence electrons. The highest BCUT2D eigenvalue weighted by Crippen LogP contribution is 2.26. The van der Waals surface area contributed by atoms with Gasteiger partial charge in [0.05, 0.1) is 24.0 Å². The molecule has 29 heavy (non-hydrogen) atoms. The molecule has 0 saturated heterocycles. The third-order valence-corrected chi connectivity index (χ3v) is 5.92. The summed E-state index contributed by atoms with van der Waals surface area (Å²) < 4.78 is 28.4. The number of amides is 1. The molecule has 0 radical (unpaired) electrons. The molecule has 0 aromatic heterocycles. The Hall–Kier alpha value is -2.90. The summed E-state index contributed by atoms with van der Waals surface area (Å²) in [5.74, 6) is 0.267. The van der Waals surface area contributed by atoms with E-state index in [1.54, 1.807) is 26.2 Å². The highest BCUT2D eigenvalue weighted by Gasteiger charge is 2.19. The lowest BCUT2D eigenvalue weighted by atomic mass is 9.96. The van der Waals surface area contributed by atoms with Crippen LogP contribution in [0.25, 0.3) is 10.8 Å². The molecule has 0 aliphatic carbocycles. The zero-order valence-electron chi connectivity index (χ0n) is 16.5. The van der Waals surface area contributed by atoms with Crippen molar-refractivity contribution in [2.75, 3.05) is 7.11 Å². The minimum atomic E-state index is -3.79. The first-order valence-electron chi connectivity index (χ1n) is 9.20. The van der Waals surface area contributed by atoms with E-state index in [2.05, 4.69) is 5.32 Å². The van der Waals surface area contributed by atoms with E-state index in [9.17, 15) is 13.2 Å². The van der Waals surface area contributed by atoms with Crippen molar-refractivity contribution >= 4 is 26.7 Å². The zero-order valence-corrected chi connectivity index (χ0v) is 17.4. The Balaban J connectivity index is 1.77. The van der Waals surface area contributed by atoms with Crippen molar-refractivity contribution < 1.29 is 17.9 Å². The summed E-state index contributed by atoms with van der Waals surface area (Å²) in [6, 6.07) is 17.6. The van der Waals surface area contributed by atoms with Gasteiger partial charge in [0.15, 0.2) is 0 Å². The zero-order chi connectivity index (χ0) is 21.2. The third kappa shape index (κ3) is 4.75. The van der Waals surface area contributed by atoms with Crippen molar-refractivity contribution in [1.82, 2.24) is 5.32 Å². The van der Waals surface area contributed by atoms with E-state index in [-0.39, 0.29) is 22.8 Å². The SMILES string of the molecule is COc1ccc2cc([C@H](C)C(=O)NC(C)c3cccc(S(N)(=O)=O)c3)ccc2c1. The average molecular weight is 413 g/mol. The van der Waals surface area contributed by atoms with Crippen molar-refractivity contribution in [3.05, 3.63) is 71.8 Å². The summed E-state index contributed by atoms with van der Waals surface area (Å²) >= 11 is 0. The van der Waals surface area contributed by atoms with Crippen LogP contribution in [0.15, 0.2) is 65.6 Å². The molecule has 3 rings (SSSR count). The molecule has 1 unspecified atom stereocenters. The number of ether oxygens (including phenoxy) is 1. The number of hydrogen-bond acceptors (Lipinski definition) is 4. The fourth-order valence-corrected chi connectivity index (χ4v) is 3.74. The van der Waals surface area contributed by atoms with Crippen LogP contribution in [0.2, 0.25) is 0 Å². The van der Waals surface area contributed by atoms with Crippen LogP contribution in [-0.4, -0.2) is 21.4 Å². The van der Waals surface area contributed by atoms with Crippen LogP contribution in [0, 0.1) is 0 Å². The minimum absolute atomic E-state index is 0.0223.